The summed E-state index contributed by atoms with van der Waals surface area (Å²) in [5.41, 5.74) is 2.80. The van der Waals surface area contributed by atoms with Crippen LogP contribution in [-0.4, -0.2) is 61.8 Å². The maximum Gasteiger partial charge on any atom is 0.253 e. The van der Waals surface area contributed by atoms with Gasteiger partial charge in [-0.05, 0) is 48.6 Å². The summed E-state index contributed by atoms with van der Waals surface area (Å²) in [6, 6.07) is 13.0. The first kappa shape index (κ1) is 23.3. The number of hydrogen-bond acceptors (Lipinski definition) is 4. The van der Waals surface area contributed by atoms with Crippen LogP contribution in [0.2, 0.25) is 0 Å². The van der Waals surface area contributed by atoms with E-state index in [4.69, 9.17) is 4.74 Å². The average molecular weight is 470 g/mol. The summed E-state index contributed by atoms with van der Waals surface area (Å²) < 4.78 is 32.9. The molecule has 0 radical (unpaired) electrons. The Morgan fingerprint density at radius 2 is 1.82 bits per heavy atom. The quantitative estimate of drug-likeness (QED) is 0.561. The Labute approximate surface area is 195 Å². The van der Waals surface area contributed by atoms with Crippen LogP contribution < -0.4 is 4.74 Å². The van der Waals surface area contributed by atoms with Crippen molar-refractivity contribution >= 4 is 26.8 Å². The second-order valence-corrected chi connectivity index (χ2v) is 10.2. The number of rotatable bonds is 7. The number of carbonyl (C=O) groups excluding carboxylic acids is 1. The van der Waals surface area contributed by atoms with Gasteiger partial charge in [-0.3, -0.25) is 4.79 Å². The molecule has 0 unspecified atom stereocenters. The molecule has 33 heavy (non-hydrogen) atoms. The van der Waals surface area contributed by atoms with Gasteiger partial charge in [0.15, 0.2) is 0 Å². The number of benzene rings is 2. The fourth-order valence-corrected chi connectivity index (χ4v) is 6.36. The first-order chi connectivity index (χ1) is 15.9. The minimum Gasteiger partial charge on any atom is -0.495 e. The molecule has 1 aliphatic rings. The number of methoxy groups -OCH3 is 1. The summed E-state index contributed by atoms with van der Waals surface area (Å²) in [7, 11) is -2.32. The highest BCUT2D eigenvalue weighted by Crippen LogP contribution is 2.34. The summed E-state index contributed by atoms with van der Waals surface area (Å²) in [6.07, 6.45) is 3.82. The smallest absolute Gasteiger partial charge is 0.253 e. The zero-order valence-electron chi connectivity index (χ0n) is 19.4. The van der Waals surface area contributed by atoms with Crippen LogP contribution in [0.3, 0.4) is 0 Å². The van der Waals surface area contributed by atoms with E-state index in [-0.39, 0.29) is 16.6 Å². The Bertz CT molecular complexity index is 1240. The van der Waals surface area contributed by atoms with Crippen LogP contribution in [0.15, 0.2) is 53.6 Å². The van der Waals surface area contributed by atoms with Crippen molar-refractivity contribution < 1.29 is 17.9 Å². The zero-order valence-corrected chi connectivity index (χ0v) is 20.2. The molecule has 2 heterocycles. The van der Waals surface area contributed by atoms with Crippen molar-refractivity contribution in [3.63, 3.8) is 0 Å². The van der Waals surface area contributed by atoms with Crippen molar-refractivity contribution in [2.45, 2.75) is 37.5 Å². The molecule has 1 fully saturated rings. The highest BCUT2D eigenvalue weighted by atomic mass is 32.2. The van der Waals surface area contributed by atoms with Gasteiger partial charge in [0.2, 0.25) is 10.0 Å². The van der Waals surface area contributed by atoms with E-state index in [1.54, 1.807) is 26.0 Å². The molecular formula is C25H31N3O4S. The molecular weight excluding hydrogens is 438 g/mol. The number of para-hydroxylation sites is 1. The molecule has 8 heteroatoms. The molecule has 1 saturated heterocycles. The van der Waals surface area contributed by atoms with Gasteiger partial charge >= 0.3 is 0 Å². The number of aromatic nitrogens is 1. The highest BCUT2D eigenvalue weighted by Gasteiger charge is 2.29. The average Bonchev–Trinajstić information content (AvgIpc) is 3.28. The lowest BCUT2D eigenvalue weighted by molar-refractivity contribution is 0.0713. The largest absolute Gasteiger partial charge is 0.495 e. The molecule has 176 valence electrons. The Morgan fingerprint density at radius 3 is 2.48 bits per heavy atom. The van der Waals surface area contributed by atoms with E-state index >= 15 is 0 Å². The Morgan fingerprint density at radius 1 is 1.12 bits per heavy atom. The van der Waals surface area contributed by atoms with Crippen LogP contribution in [0.1, 0.15) is 48.5 Å². The van der Waals surface area contributed by atoms with Gasteiger partial charge in [-0.25, -0.2) is 8.42 Å². The fourth-order valence-electron chi connectivity index (χ4n) is 4.72. The lowest BCUT2D eigenvalue weighted by atomic mass is 9.89. The molecule has 3 aromatic rings. The SMILES string of the molecule is CCN(CC)S(=O)(=O)c1cc(C(=O)N2CCC(c3c[nH]c4ccccc34)CC2)ccc1OC. The predicted molar refractivity (Wildman–Crippen MR) is 129 cm³/mol. The van der Waals surface area contributed by atoms with Crippen LogP contribution in [-0.2, 0) is 10.0 Å². The second kappa shape index (κ2) is 9.57. The van der Waals surface area contributed by atoms with Gasteiger partial charge in [-0.2, -0.15) is 4.31 Å². The molecule has 1 aromatic heterocycles. The minimum atomic E-state index is -3.76. The second-order valence-electron chi connectivity index (χ2n) is 8.31. The maximum atomic E-state index is 13.3. The van der Waals surface area contributed by atoms with E-state index in [2.05, 4.69) is 23.3 Å². The molecule has 1 aliphatic heterocycles. The third kappa shape index (κ3) is 4.37. The van der Waals surface area contributed by atoms with Gasteiger partial charge in [0.05, 0.1) is 7.11 Å². The number of nitrogens with zero attached hydrogens (tertiary/aromatic N) is 2. The van der Waals surface area contributed by atoms with Crippen LogP contribution >= 0.6 is 0 Å². The Hall–Kier alpha value is -2.84. The monoisotopic (exact) mass is 469 g/mol. The van der Waals surface area contributed by atoms with E-state index in [1.807, 2.05) is 17.0 Å². The lowest BCUT2D eigenvalue weighted by Gasteiger charge is -2.32. The third-order valence-electron chi connectivity index (χ3n) is 6.58. The van der Waals surface area contributed by atoms with Crippen LogP contribution in [0, 0.1) is 0 Å². The molecule has 2 aromatic carbocycles. The minimum absolute atomic E-state index is 0.0354. The van der Waals surface area contributed by atoms with Crippen LogP contribution in [0.5, 0.6) is 5.75 Å². The molecule has 0 saturated carbocycles. The third-order valence-corrected chi connectivity index (χ3v) is 8.65. The van der Waals surface area contributed by atoms with E-state index in [9.17, 15) is 13.2 Å². The van der Waals surface area contributed by atoms with Gasteiger partial charge in [-0.15, -0.1) is 0 Å². The van der Waals surface area contributed by atoms with Crippen molar-refractivity contribution in [2.75, 3.05) is 33.3 Å². The number of likely N-dealkylation sites (tertiary alicyclic amines) is 1. The Kier molecular flexibility index (Phi) is 6.76. The van der Waals surface area contributed by atoms with Crippen molar-refractivity contribution in [1.82, 2.24) is 14.2 Å². The number of nitrogens with one attached hydrogen (secondary N) is 1. The number of fused-ring (bicyclic) bond motifs is 1. The van der Waals surface area contributed by atoms with Crippen molar-refractivity contribution in [3.05, 3.63) is 59.8 Å². The standard InChI is InChI=1S/C25H31N3O4S/c1-4-28(5-2)33(30,31)24-16-19(10-11-23(24)32-3)25(29)27-14-12-18(13-15-27)21-17-26-22-9-7-6-8-20(21)22/h6-11,16-18,26H,4-5,12-15H2,1-3H3. The summed E-state index contributed by atoms with van der Waals surface area (Å²) in [5, 5.41) is 1.24. The highest BCUT2D eigenvalue weighted by molar-refractivity contribution is 7.89. The van der Waals surface area contributed by atoms with Gasteiger partial charge in [-0.1, -0.05) is 32.0 Å². The number of amides is 1. The first-order valence-electron chi connectivity index (χ1n) is 11.4. The molecule has 7 nitrogen and oxygen atoms in total. The number of sulfonamides is 1. The lowest BCUT2D eigenvalue weighted by Crippen LogP contribution is -2.38. The fraction of sp³-hybridized carbons (Fsp3) is 0.400. The number of aromatic amines is 1. The topological polar surface area (TPSA) is 82.7 Å². The Balaban J connectivity index is 1.53. The number of ether oxygens (including phenoxy) is 1. The number of piperidine rings is 1. The predicted octanol–water partition coefficient (Wildman–Crippen LogP) is 4.23. The number of hydrogen-bond donors (Lipinski definition) is 1. The first-order valence-corrected chi connectivity index (χ1v) is 12.9. The molecule has 0 aliphatic carbocycles. The molecule has 1 N–H and O–H groups in total. The van der Waals surface area contributed by atoms with E-state index in [1.165, 1.54) is 28.4 Å². The molecule has 0 spiro atoms. The van der Waals surface area contributed by atoms with E-state index < -0.39 is 10.0 Å². The zero-order chi connectivity index (χ0) is 23.6. The van der Waals surface area contributed by atoms with Gasteiger partial charge in [0.25, 0.3) is 5.91 Å². The van der Waals surface area contributed by atoms with E-state index in [0.717, 1.165) is 18.4 Å². The summed E-state index contributed by atoms with van der Waals surface area (Å²) in [5.74, 6) is 0.488. The maximum absolute atomic E-state index is 13.3. The van der Waals surface area contributed by atoms with Gasteiger partial charge in [0.1, 0.15) is 10.6 Å². The van der Waals surface area contributed by atoms with E-state index in [0.29, 0.717) is 37.7 Å². The van der Waals surface area contributed by atoms with Crippen molar-refractivity contribution in [1.29, 1.82) is 0 Å². The van der Waals surface area contributed by atoms with Gasteiger partial charge < -0.3 is 14.6 Å². The summed E-state index contributed by atoms with van der Waals surface area (Å²) in [6.45, 7) is 5.55. The molecule has 1 amide bonds. The number of H-pyrrole nitrogens is 1. The van der Waals surface area contributed by atoms with Crippen molar-refractivity contribution in [2.24, 2.45) is 0 Å². The normalized spacial score (nSPS) is 15.3. The molecule has 0 bridgehead atoms. The van der Waals surface area contributed by atoms with Gasteiger partial charge in [0, 0.05) is 48.8 Å². The summed E-state index contributed by atoms with van der Waals surface area (Å²) in [4.78, 5) is 18.5. The molecule has 4 rings (SSSR count). The van der Waals surface area contributed by atoms with Crippen LogP contribution in [0.25, 0.3) is 10.9 Å². The number of carbonyl (C=O) groups is 1. The van der Waals surface area contributed by atoms with Crippen LogP contribution in [0.4, 0.5) is 0 Å². The summed E-state index contributed by atoms with van der Waals surface area (Å²) >= 11 is 0. The van der Waals surface area contributed by atoms with Crippen molar-refractivity contribution in [3.8, 4) is 5.75 Å². The molecule has 0 atom stereocenters.